The van der Waals surface area contributed by atoms with Gasteiger partial charge in [0.25, 0.3) is 5.91 Å². The fraction of sp³-hybridized carbons (Fsp3) is 0.118. The SMILES string of the molecule is CNC(=O)c1c(-c2ccccc2)oc2ccc(OC(F)(F)F)cc12. The highest BCUT2D eigenvalue weighted by molar-refractivity contribution is 6.11. The quantitative estimate of drug-likeness (QED) is 0.774. The molecule has 1 N–H and O–H groups in total. The summed E-state index contributed by atoms with van der Waals surface area (Å²) in [4.78, 5) is 12.2. The lowest BCUT2D eigenvalue weighted by Gasteiger charge is -2.08. The van der Waals surface area contributed by atoms with E-state index in [0.717, 1.165) is 12.1 Å². The molecular weight excluding hydrogens is 323 g/mol. The highest BCUT2D eigenvalue weighted by Gasteiger charge is 2.31. The van der Waals surface area contributed by atoms with Crippen molar-refractivity contribution in [2.24, 2.45) is 0 Å². The maximum absolute atomic E-state index is 12.4. The molecule has 0 fully saturated rings. The second-order valence-electron chi connectivity index (χ2n) is 4.96. The largest absolute Gasteiger partial charge is 0.573 e. The van der Waals surface area contributed by atoms with E-state index in [-0.39, 0.29) is 16.7 Å². The number of nitrogens with one attached hydrogen (secondary N) is 1. The Kier molecular flexibility index (Phi) is 3.92. The van der Waals surface area contributed by atoms with Gasteiger partial charge in [0.2, 0.25) is 0 Å². The van der Waals surface area contributed by atoms with Crippen LogP contribution in [0.5, 0.6) is 5.75 Å². The monoisotopic (exact) mass is 335 g/mol. The molecule has 124 valence electrons. The number of hydrogen-bond acceptors (Lipinski definition) is 3. The molecule has 0 saturated carbocycles. The van der Waals surface area contributed by atoms with E-state index in [9.17, 15) is 18.0 Å². The molecule has 0 unspecified atom stereocenters. The van der Waals surface area contributed by atoms with Gasteiger partial charge in [0.15, 0.2) is 0 Å². The molecule has 0 aliphatic carbocycles. The molecule has 1 amide bonds. The lowest BCUT2D eigenvalue weighted by atomic mass is 10.0. The van der Waals surface area contributed by atoms with Gasteiger partial charge in [-0.3, -0.25) is 4.79 Å². The smallest absolute Gasteiger partial charge is 0.455 e. The lowest BCUT2D eigenvalue weighted by Crippen LogP contribution is -2.18. The van der Waals surface area contributed by atoms with Crippen molar-refractivity contribution in [3.8, 4) is 17.1 Å². The maximum atomic E-state index is 12.4. The molecule has 24 heavy (non-hydrogen) atoms. The van der Waals surface area contributed by atoms with Gasteiger partial charge in [-0.15, -0.1) is 13.2 Å². The molecule has 0 aliphatic heterocycles. The van der Waals surface area contributed by atoms with Gasteiger partial charge < -0.3 is 14.5 Å². The van der Waals surface area contributed by atoms with Crippen molar-refractivity contribution in [1.82, 2.24) is 5.32 Å². The van der Waals surface area contributed by atoms with E-state index in [1.807, 2.05) is 0 Å². The van der Waals surface area contributed by atoms with Gasteiger partial charge in [0, 0.05) is 18.0 Å². The van der Waals surface area contributed by atoms with E-state index < -0.39 is 18.0 Å². The number of benzene rings is 2. The summed E-state index contributed by atoms with van der Waals surface area (Å²) in [6.07, 6.45) is -4.81. The second kappa shape index (κ2) is 5.92. The van der Waals surface area contributed by atoms with Crippen LogP contribution < -0.4 is 10.1 Å². The van der Waals surface area contributed by atoms with Crippen LogP contribution in [0.15, 0.2) is 52.9 Å². The number of rotatable bonds is 3. The molecule has 0 spiro atoms. The Morgan fingerprint density at radius 2 is 1.83 bits per heavy atom. The maximum Gasteiger partial charge on any atom is 0.573 e. The molecule has 0 atom stereocenters. The summed E-state index contributed by atoms with van der Waals surface area (Å²) in [5.41, 5.74) is 1.10. The van der Waals surface area contributed by atoms with Crippen molar-refractivity contribution in [3.05, 3.63) is 54.1 Å². The summed E-state index contributed by atoms with van der Waals surface area (Å²) in [6, 6.07) is 12.5. The first-order valence-electron chi connectivity index (χ1n) is 6.99. The summed E-state index contributed by atoms with van der Waals surface area (Å²) >= 11 is 0. The molecule has 0 saturated heterocycles. The van der Waals surface area contributed by atoms with E-state index in [0.29, 0.717) is 11.1 Å². The highest BCUT2D eigenvalue weighted by atomic mass is 19.4. The third-order valence-corrected chi connectivity index (χ3v) is 3.38. The summed E-state index contributed by atoms with van der Waals surface area (Å²) in [5.74, 6) is -0.591. The zero-order valence-electron chi connectivity index (χ0n) is 12.5. The first-order chi connectivity index (χ1) is 11.4. The number of carbonyl (C=O) groups excluding carboxylic acids is 1. The number of ether oxygens (including phenoxy) is 1. The van der Waals surface area contributed by atoms with Crippen LogP contribution in [0.3, 0.4) is 0 Å². The third kappa shape index (κ3) is 3.05. The summed E-state index contributed by atoms with van der Waals surface area (Å²) in [6.45, 7) is 0. The number of alkyl halides is 3. The summed E-state index contributed by atoms with van der Waals surface area (Å²) in [7, 11) is 1.44. The molecule has 1 aromatic heterocycles. The predicted molar refractivity (Wildman–Crippen MR) is 81.7 cm³/mol. The molecule has 3 aromatic rings. The zero-order chi connectivity index (χ0) is 17.3. The Balaban J connectivity index is 2.21. The van der Waals surface area contributed by atoms with Crippen LogP contribution in [0.1, 0.15) is 10.4 Å². The molecule has 7 heteroatoms. The first kappa shape index (κ1) is 15.9. The zero-order valence-corrected chi connectivity index (χ0v) is 12.5. The normalized spacial score (nSPS) is 11.5. The van der Waals surface area contributed by atoms with Crippen molar-refractivity contribution in [2.75, 3.05) is 7.05 Å². The van der Waals surface area contributed by atoms with Crippen LogP contribution >= 0.6 is 0 Å². The van der Waals surface area contributed by atoms with Crippen molar-refractivity contribution < 1.29 is 27.1 Å². The number of amides is 1. The molecule has 0 radical (unpaired) electrons. The van der Waals surface area contributed by atoms with Gasteiger partial charge in [0.1, 0.15) is 17.1 Å². The second-order valence-corrected chi connectivity index (χ2v) is 4.96. The Bertz CT molecular complexity index is 885. The number of halogens is 3. The Hall–Kier alpha value is -2.96. The lowest BCUT2D eigenvalue weighted by molar-refractivity contribution is -0.274. The van der Waals surface area contributed by atoms with E-state index in [4.69, 9.17) is 4.42 Å². The van der Waals surface area contributed by atoms with Gasteiger partial charge >= 0.3 is 6.36 Å². The standard InChI is InChI=1S/C17H12F3NO3/c1-21-16(22)14-12-9-11(24-17(18,19)20)7-8-13(12)23-15(14)10-5-3-2-4-6-10/h2-9H,1H3,(H,21,22). The first-order valence-corrected chi connectivity index (χ1v) is 6.99. The molecule has 1 heterocycles. The van der Waals surface area contributed by atoms with Crippen LogP contribution in [-0.2, 0) is 0 Å². The topological polar surface area (TPSA) is 51.5 Å². The van der Waals surface area contributed by atoms with Gasteiger partial charge in [-0.25, -0.2) is 0 Å². The van der Waals surface area contributed by atoms with Gasteiger partial charge in [-0.2, -0.15) is 0 Å². The number of carbonyl (C=O) groups is 1. The Morgan fingerprint density at radius 1 is 1.12 bits per heavy atom. The third-order valence-electron chi connectivity index (χ3n) is 3.38. The molecular formula is C17H12F3NO3. The van der Waals surface area contributed by atoms with Gasteiger partial charge in [0.05, 0.1) is 5.56 Å². The molecule has 0 aliphatic rings. The molecule has 2 aromatic carbocycles. The minimum atomic E-state index is -4.81. The van der Waals surface area contributed by atoms with Crippen molar-refractivity contribution in [3.63, 3.8) is 0 Å². The van der Waals surface area contributed by atoms with Gasteiger partial charge in [-0.05, 0) is 18.2 Å². The predicted octanol–water partition coefficient (Wildman–Crippen LogP) is 4.36. The van der Waals surface area contributed by atoms with Crippen LogP contribution in [0, 0.1) is 0 Å². The van der Waals surface area contributed by atoms with E-state index >= 15 is 0 Å². The number of hydrogen-bond donors (Lipinski definition) is 1. The number of fused-ring (bicyclic) bond motifs is 1. The molecule has 3 rings (SSSR count). The van der Waals surface area contributed by atoms with Crippen LogP contribution in [0.4, 0.5) is 13.2 Å². The highest BCUT2D eigenvalue weighted by Crippen LogP contribution is 2.36. The Morgan fingerprint density at radius 3 is 2.46 bits per heavy atom. The van der Waals surface area contributed by atoms with E-state index in [2.05, 4.69) is 10.1 Å². The Labute approximate surface area is 134 Å². The van der Waals surface area contributed by atoms with Crippen LogP contribution in [0.2, 0.25) is 0 Å². The van der Waals surface area contributed by atoms with E-state index in [1.54, 1.807) is 30.3 Å². The minimum Gasteiger partial charge on any atom is -0.455 e. The number of furan rings is 1. The van der Waals surface area contributed by atoms with Crippen molar-refractivity contribution in [2.45, 2.75) is 6.36 Å². The van der Waals surface area contributed by atoms with Crippen LogP contribution in [-0.4, -0.2) is 19.3 Å². The van der Waals surface area contributed by atoms with Crippen molar-refractivity contribution in [1.29, 1.82) is 0 Å². The average Bonchev–Trinajstić information content (AvgIpc) is 2.92. The van der Waals surface area contributed by atoms with Crippen molar-refractivity contribution >= 4 is 16.9 Å². The molecule has 4 nitrogen and oxygen atoms in total. The summed E-state index contributed by atoms with van der Waals surface area (Å²) < 4.78 is 46.9. The average molecular weight is 335 g/mol. The van der Waals surface area contributed by atoms with Crippen LogP contribution in [0.25, 0.3) is 22.3 Å². The molecule has 0 bridgehead atoms. The fourth-order valence-electron chi connectivity index (χ4n) is 2.42. The van der Waals surface area contributed by atoms with E-state index in [1.165, 1.54) is 13.1 Å². The summed E-state index contributed by atoms with van der Waals surface area (Å²) in [5, 5.41) is 2.72. The fourth-order valence-corrected chi connectivity index (χ4v) is 2.42. The van der Waals surface area contributed by atoms with Gasteiger partial charge in [-0.1, -0.05) is 30.3 Å². The minimum absolute atomic E-state index is 0.159.